The van der Waals surface area contributed by atoms with Gasteiger partial charge >= 0.3 is 11.9 Å². The van der Waals surface area contributed by atoms with Gasteiger partial charge in [0.15, 0.2) is 0 Å². The number of ether oxygens (including phenoxy) is 2. The van der Waals surface area contributed by atoms with Crippen LogP contribution in [0.2, 0.25) is 0 Å². The van der Waals surface area contributed by atoms with Gasteiger partial charge in [-0.3, -0.25) is 0 Å². The molecule has 0 aliphatic heterocycles. The van der Waals surface area contributed by atoms with E-state index in [0.29, 0.717) is 17.9 Å². The number of esters is 2. The van der Waals surface area contributed by atoms with Gasteiger partial charge in [-0.25, -0.2) is 9.59 Å². The minimum Gasteiger partial charge on any atom is -0.465 e. The fourth-order valence-electron chi connectivity index (χ4n) is 1.32. The smallest absolute Gasteiger partial charge is 0.339 e. The Hall–Kier alpha value is -2.30. The largest absolute Gasteiger partial charge is 0.465 e. The van der Waals surface area contributed by atoms with Crippen LogP contribution in [-0.2, 0) is 14.3 Å². The number of hydrogen-bond acceptors (Lipinski definition) is 5. The zero-order valence-corrected chi connectivity index (χ0v) is 10.3. The third-order valence-electron chi connectivity index (χ3n) is 2.18. The molecule has 1 rings (SSSR count). The van der Waals surface area contributed by atoms with Crippen molar-refractivity contribution in [1.82, 2.24) is 0 Å². The minimum absolute atomic E-state index is 0.267. The standard InChI is InChI=1S/C13H15NO4/c1-3-18-12(15)7-5-9-4-6-11(14)10(8-9)13(16)17-2/h4-8H,3,14H2,1-2H3. The van der Waals surface area contributed by atoms with Crippen LogP contribution in [0.1, 0.15) is 22.8 Å². The van der Waals surface area contributed by atoms with Gasteiger partial charge in [0.2, 0.25) is 0 Å². The van der Waals surface area contributed by atoms with E-state index in [0.717, 1.165) is 0 Å². The first kappa shape index (κ1) is 13.8. The SMILES string of the molecule is CCOC(=O)C=Cc1ccc(N)c(C(=O)OC)c1. The Labute approximate surface area is 105 Å². The second kappa shape index (κ2) is 6.44. The topological polar surface area (TPSA) is 78.6 Å². The zero-order valence-electron chi connectivity index (χ0n) is 10.3. The lowest BCUT2D eigenvalue weighted by Crippen LogP contribution is -2.05. The molecule has 0 aliphatic rings. The van der Waals surface area contributed by atoms with E-state index < -0.39 is 11.9 Å². The van der Waals surface area contributed by atoms with Crippen LogP contribution in [0.25, 0.3) is 6.08 Å². The molecule has 0 aromatic heterocycles. The Balaban J connectivity index is 2.92. The van der Waals surface area contributed by atoms with Crippen LogP contribution in [0, 0.1) is 0 Å². The molecule has 5 heteroatoms. The van der Waals surface area contributed by atoms with Gasteiger partial charge in [0, 0.05) is 11.8 Å². The van der Waals surface area contributed by atoms with Gasteiger partial charge in [-0.1, -0.05) is 6.07 Å². The molecule has 0 bridgehead atoms. The van der Waals surface area contributed by atoms with E-state index in [2.05, 4.69) is 4.74 Å². The van der Waals surface area contributed by atoms with Crippen molar-refractivity contribution in [3.63, 3.8) is 0 Å². The highest BCUT2D eigenvalue weighted by Crippen LogP contribution is 2.16. The van der Waals surface area contributed by atoms with Crippen LogP contribution in [-0.4, -0.2) is 25.7 Å². The molecule has 0 fully saturated rings. The number of carbonyl (C=O) groups is 2. The number of methoxy groups -OCH3 is 1. The minimum atomic E-state index is -0.515. The van der Waals surface area contributed by atoms with Crippen molar-refractivity contribution in [3.8, 4) is 0 Å². The van der Waals surface area contributed by atoms with E-state index in [1.165, 1.54) is 13.2 Å². The third-order valence-corrected chi connectivity index (χ3v) is 2.18. The molecule has 0 saturated carbocycles. The molecule has 1 aromatic carbocycles. The molecule has 1 aromatic rings. The third kappa shape index (κ3) is 3.62. The van der Waals surface area contributed by atoms with Crippen LogP contribution >= 0.6 is 0 Å². The lowest BCUT2D eigenvalue weighted by molar-refractivity contribution is -0.137. The number of hydrogen-bond donors (Lipinski definition) is 1. The predicted octanol–water partition coefficient (Wildman–Crippen LogP) is 1.63. The highest BCUT2D eigenvalue weighted by atomic mass is 16.5. The Bertz CT molecular complexity index is 480. The molecule has 18 heavy (non-hydrogen) atoms. The maximum Gasteiger partial charge on any atom is 0.339 e. The lowest BCUT2D eigenvalue weighted by atomic mass is 10.1. The summed E-state index contributed by atoms with van der Waals surface area (Å²) in [6, 6.07) is 4.82. The summed E-state index contributed by atoms with van der Waals surface area (Å²) in [7, 11) is 1.28. The van der Waals surface area contributed by atoms with Crippen molar-refractivity contribution in [2.45, 2.75) is 6.92 Å². The highest BCUT2D eigenvalue weighted by molar-refractivity contribution is 5.96. The van der Waals surface area contributed by atoms with Gasteiger partial charge in [-0.15, -0.1) is 0 Å². The van der Waals surface area contributed by atoms with Gasteiger partial charge in [0.1, 0.15) is 0 Å². The van der Waals surface area contributed by atoms with Crippen LogP contribution in [0.4, 0.5) is 5.69 Å². The molecule has 0 spiro atoms. The van der Waals surface area contributed by atoms with Gasteiger partial charge in [-0.05, 0) is 30.7 Å². The molecule has 0 heterocycles. The summed E-state index contributed by atoms with van der Waals surface area (Å²) in [5, 5.41) is 0. The van der Waals surface area contributed by atoms with Crippen LogP contribution in [0.3, 0.4) is 0 Å². The number of anilines is 1. The first-order valence-corrected chi connectivity index (χ1v) is 5.41. The molecular formula is C13H15NO4. The van der Waals surface area contributed by atoms with Crippen molar-refractivity contribution < 1.29 is 19.1 Å². The van der Waals surface area contributed by atoms with Crippen molar-refractivity contribution in [2.24, 2.45) is 0 Å². The fraction of sp³-hybridized carbons (Fsp3) is 0.231. The summed E-state index contributed by atoms with van der Waals surface area (Å²) in [6.45, 7) is 2.04. The van der Waals surface area contributed by atoms with Crippen molar-refractivity contribution in [2.75, 3.05) is 19.5 Å². The van der Waals surface area contributed by atoms with Gasteiger partial charge in [-0.2, -0.15) is 0 Å². The number of carbonyl (C=O) groups excluding carboxylic acids is 2. The second-order valence-electron chi connectivity index (χ2n) is 3.42. The molecule has 0 aliphatic carbocycles. The molecular weight excluding hydrogens is 234 g/mol. The van der Waals surface area contributed by atoms with E-state index in [9.17, 15) is 9.59 Å². The maximum absolute atomic E-state index is 11.4. The van der Waals surface area contributed by atoms with Crippen molar-refractivity contribution in [1.29, 1.82) is 0 Å². The molecule has 0 unspecified atom stereocenters. The number of nitrogens with two attached hydrogens (primary N) is 1. The van der Waals surface area contributed by atoms with E-state index in [4.69, 9.17) is 10.5 Å². The molecule has 0 atom stereocenters. The summed E-state index contributed by atoms with van der Waals surface area (Å²) >= 11 is 0. The summed E-state index contributed by atoms with van der Waals surface area (Å²) in [5.41, 5.74) is 6.91. The van der Waals surface area contributed by atoms with Crippen LogP contribution in [0.5, 0.6) is 0 Å². The van der Waals surface area contributed by atoms with E-state index in [1.54, 1.807) is 31.2 Å². The predicted molar refractivity (Wildman–Crippen MR) is 67.9 cm³/mol. The number of nitrogen functional groups attached to an aromatic ring is 1. The molecule has 0 amide bonds. The Morgan fingerprint density at radius 3 is 2.72 bits per heavy atom. The van der Waals surface area contributed by atoms with E-state index in [-0.39, 0.29) is 5.56 Å². The normalized spacial score (nSPS) is 10.3. The Morgan fingerprint density at radius 2 is 2.11 bits per heavy atom. The maximum atomic E-state index is 11.4. The summed E-state index contributed by atoms with van der Waals surface area (Å²) in [5.74, 6) is -0.951. The van der Waals surface area contributed by atoms with Crippen molar-refractivity contribution in [3.05, 3.63) is 35.4 Å². The monoisotopic (exact) mass is 249 g/mol. The molecule has 5 nitrogen and oxygen atoms in total. The van der Waals surface area contributed by atoms with E-state index >= 15 is 0 Å². The number of benzene rings is 1. The first-order valence-electron chi connectivity index (χ1n) is 5.41. The summed E-state index contributed by atoms with van der Waals surface area (Å²) in [6.07, 6.45) is 2.83. The molecule has 96 valence electrons. The van der Waals surface area contributed by atoms with Crippen LogP contribution < -0.4 is 5.73 Å². The van der Waals surface area contributed by atoms with Gasteiger partial charge in [0.25, 0.3) is 0 Å². The Kier molecular flexibility index (Phi) is 4.92. The zero-order chi connectivity index (χ0) is 13.5. The van der Waals surface area contributed by atoms with Gasteiger partial charge in [0.05, 0.1) is 19.3 Å². The molecule has 0 saturated heterocycles. The highest BCUT2D eigenvalue weighted by Gasteiger charge is 2.09. The average molecular weight is 249 g/mol. The average Bonchev–Trinajstić information content (AvgIpc) is 2.37. The molecule has 0 radical (unpaired) electrons. The van der Waals surface area contributed by atoms with E-state index in [1.807, 2.05) is 0 Å². The van der Waals surface area contributed by atoms with Crippen LogP contribution in [0.15, 0.2) is 24.3 Å². The first-order chi connectivity index (χ1) is 8.58. The lowest BCUT2D eigenvalue weighted by Gasteiger charge is -2.04. The van der Waals surface area contributed by atoms with Crippen molar-refractivity contribution >= 4 is 23.7 Å². The quantitative estimate of drug-likeness (QED) is 0.498. The summed E-state index contributed by atoms with van der Waals surface area (Å²) < 4.78 is 9.35. The fourth-order valence-corrected chi connectivity index (χ4v) is 1.32. The van der Waals surface area contributed by atoms with Gasteiger partial charge < -0.3 is 15.2 Å². The Morgan fingerprint density at radius 1 is 1.39 bits per heavy atom. The molecule has 2 N–H and O–H groups in total. The second-order valence-corrected chi connectivity index (χ2v) is 3.42. The summed E-state index contributed by atoms with van der Waals surface area (Å²) in [4.78, 5) is 22.5. The number of rotatable bonds is 4.